The number of hydrogen-bond donors (Lipinski definition) is 1. The third-order valence-corrected chi connectivity index (χ3v) is 4.49. The molecule has 2 atom stereocenters. The van der Waals surface area contributed by atoms with Gasteiger partial charge in [-0.3, -0.25) is 14.8 Å². The number of halogens is 1. The molecule has 1 aliphatic rings. The summed E-state index contributed by atoms with van der Waals surface area (Å²) in [5.74, 6) is -0.207. The summed E-state index contributed by atoms with van der Waals surface area (Å²) in [7, 11) is 0. The van der Waals surface area contributed by atoms with Crippen LogP contribution in [0.5, 0.6) is 0 Å². The average Bonchev–Trinajstić information content (AvgIpc) is 2.49. The number of β-amino-alcohol motifs (C(OH)–C–C–N with tert-alkyl or cyclic N) is 1. The molecule has 0 bridgehead atoms. The van der Waals surface area contributed by atoms with Crippen molar-refractivity contribution in [3.63, 3.8) is 0 Å². The SMILES string of the molecule is C[C@@H]1CN(Cc2cc(F)cc3cccnc23)CCN1C[C@@H](C)O. The first-order chi connectivity index (χ1) is 11.0. The monoisotopic (exact) mass is 317 g/mol. The Bertz CT molecular complexity index is 676. The Hall–Kier alpha value is -1.56. The van der Waals surface area contributed by atoms with Gasteiger partial charge < -0.3 is 5.11 Å². The summed E-state index contributed by atoms with van der Waals surface area (Å²) < 4.78 is 13.9. The Kier molecular flexibility index (Phi) is 4.90. The minimum absolute atomic E-state index is 0.207. The minimum atomic E-state index is -0.305. The van der Waals surface area contributed by atoms with E-state index in [1.807, 2.05) is 19.1 Å². The van der Waals surface area contributed by atoms with E-state index in [2.05, 4.69) is 21.7 Å². The molecule has 23 heavy (non-hydrogen) atoms. The van der Waals surface area contributed by atoms with Gasteiger partial charge in [0.25, 0.3) is 0 Å². The second-order valence-corrected chi connectivity index (χ2v) is 6.57. The second kappa shape index (κ2) is 6.91. The number of pyridine rings is 1. The standard InChI is InChI=1S/C18H24FN3O/c1-13-10-21(6-7-22(13)11-14(2)23)12-16-9-17(19)8-15-4-3-5-20-18(15)16/h3-5,8-9,13-14,23H,6-7,10-12H2,1-2H3/t13-,14-/m1/s1. The van der Waals surface area contributed by atoms with Gasteiger partial charge in [-0.05, 0) is 37.6 Å². The summed E-state index contributed by atoms with van der Waals surface area (Å²) in [5.41, 5.74) is 1.82. The second-order valence-electron chi connectivity index (χ2n) is 6.57. The normalized spacial score (nSPS) is 21.7. The molecular formula is C18H24FN3O. The molecule has 0 amide bonds. The zero-order valence-corrected chi connectivity index (χ0v) is 13.7. The largest absolute Gasteiger partial charge is 0.392 e. The van der Waals surface area contributed by atoms with Crippen LogP contribution in [0.2, 0.25) is 0 Å². The van der Waals surface area contributed by atoms with Crippen LogP contribution in [-0.4, -0.2) is 58.2 Å². The first-order valence-electron chi connectivity index (χ1n) is 8.20. The van der Waals surface area contributed by atoms with Crippen LogP contribution in [0.25, 0.3) is 10.9 Å². The quantitative estimate of drug-likeness (QED) is 0.939. The first kappa shape index (κ1) is 16.3. The molecule has 5 heteroatoms. The predicted molar refractivity (Wildman–Crippen MR) is 89.7 cm³/mol. The lowest BCUT2D eigenvalue weighted by atomic mass is 10.1. The van der Waals surface area contributed by atoms with E-state index in [9.17, 15) is 9.50 Å². The number of nitrogens with zero attached hydrogens (tertiary/aromatic N) is 3. The predicted octanol–water partition coefficient (Wildman–Crippen LogP) is 2.26. The Morgan fingerprint density at radius 3 is 2.96 bits per heavy atom. The first-order valence-corrected chi connectivity index (χ1v) is 8.20. The van der Waals surface area contributed by atoms with Crippen LogP contribution in [-0.2, 0) is 6.54 Å². The number of benzene rings is 1. The molecule has 0 aliphatic carbocycles. The van der Waals surface area contributed by atoms with Gasteiger partial charge >= 0.3 is 0 Å². The van der Waals surface area contributed by atoms with Gasteiger partial charge in [0.1, 0.15) is 5.82 Å². The van der Waals surface area contributed by atoms with Crippen molar-refractivity contribution < 1.29 is 9.50 Å². The van der Waals surface area contributed by atoms with Gasteiger partial charge in [-0.15, -0.1) is 0 Å². The molecule has 4 nitrogen and oxygen atoms in total. The van der Waals surface area contributed by atoms with Crippen LogP contribution in [0.1, 0.15) is 19.4 Å². The van der Waals surface area contributed by atoms with E-state index in [0.717, 1.165) is 36.1 Å². The van der Waals surface area contributed by atoms with Gasteiger partial charge in [0.15, 0.2) is 0 Å². The molecule has 2 heterocycles. The molecule has 1 fully saturated rings. The summed E-state index contributed by atoms with van der Waals surface area (Å²) in [6.07, 6.45) is 1.45. The molecule has 1 aliphatic heterocycles. The van der Waals surface area contributed by atoms with Gasteiger partial charge in [-0.2, -0.15) is 0 Å². The Balaban J connectivity index is 1.74. The molecule has 0 saturated carbocycles. The summed E-state index contributed by atoms with van der Waals surface area (Å²) in [6, 6.07) is 7.25. The summed E-state index contributed by atoms with van der Waals surface area (Å²) in [6.45, 7) is 8.17. The maximum absolute atomic E-state index is 13.9. The van der Waals surface area contributed by atoms with Crippen molar-refractivity contribution in [1.29, 1.82) is 0 Å². The summed E-state index contributed by atoms with van der Waals surface area (Å²) in [4.78, 5) is 9.07. The molecular weight excluding hydrogens is 293 g/mol. The zero-order chi connectivity index (χ0) is 16.4. The fourth-order valence-corrected chi connectivity index (χ4v) is 3.41. The van der Waals surface area contributed by atoms with Crippen LogP contribution in [0.15, 0.2) is 30.5 Å². The van der Waals surface area contributed by atoms with Crippen molar-refractivity contribution in [2.45, 2.75) is 32.5 Å². The molecule has 2 aromatic rings. The molecule has 0 unspecified atom stereocenters. The number of hydrogen-bond acceptors (Lipinski definition) is 4. The van der Waals surface area contributed by atoms with E-state index >= 15 is 0 Å². The van der Waals surface area contributed by atoms with Crippen LogP contribution in [0.3, 0.4) is 0 Å². The van der Waals surface area contributed by atoms with Crippen LogP contribution in [0, 0.1) is 5.82 Å². The third-order valence-electron chi connectivity index (χ3n) is 4.49. The lowest BCUT2D eigenvalue weighted by Crippen LogP contribution is -2.53. The highest BCUT2D eigenvalue weighted by Crippen LogP contribution is 2.21. The van der Waals surface area contributed by atoms with Gasteiger partial charge in [0.05, 0.1) is 11.6 Å². The fourth-order valence-electron chi connectivity index (χ4n) is 3.41. The van der Waals surface area contributed by atoms with Crippen molar-refractivity contribution in [3.8, 4) is 0 Å². The van der Waals surface area contributed by atoms with E-state index < -0.39 is 0 Å². The number of aliphatic hydroxyl groups is 1. The molecule has 0 spiro atoms. The maximum atomic E-state index is 13.9. The van der Waals surface area contributed by atoms with Crippen LogP contribution >= 0.6 is 0 Å². The fraction of sp³-hybridized carbons (Fsp3) is 0.500. The molecule has 1 N–H and O–H groups in total. The number of fused-ring (bicyclic) bond motifs is 1. The highest BCUT2D eigenvalue weighted by atomic mass is 19.1. The van der Waals surface area contributed by atoms with E-state index in [1.54, 1.807) is 12.3 Å². The summed E-state index contributed by atoms with van der Waals surface area (Å²) in [5, 5.41) is 10.4. The minimum Gasteiger partial charge on any atom is -0.392 e. The zero-order valence-electron chi connectivity index (χ0n) is 13.7. The molecule has 1 aromatic heterocycles. The van der Waals surface area contributed by atoms with E-state index in [4.69, 9.17) is 0 Å². The highest BCUT2D eigenvalue weighted by Gasteiger charge is 2.24. The smallest absolute Gasteiger partial charge is 0.124 e. The maximum Gasteiger partial charge on any atom is 0.124 e. The number of piperazine rings is 1. The summed E-state index contributed by atoms with van der Waals surface area (Å²) >= 11 is 0. The molecule has 1 saturated heterocycles. The topological polar surface area (TPSA) is 39.6 Å². The molecule has 124 valence electrons. The van der Waals surface area contributed by atoms with E-state index in [0.29, 0.717) is 19.1 Å². The van der Waals surface area contributed by atoms with Crippen molar-refractivity contribution >= 4 is 10.9 Å². The van der Waals surface area contributed by atoms with Gasteiger partial charge in [0.2, 0.25) is 0 Å². The van der Waals surface area contributed by atoms with Gasteiger partial charge in [-0.1, -0.05) is 6.07 Å². The van der Waals surface area contributed by atoms with Crippen molar-refractivity contribution in [3.05, 3.63) is 41.8 Å². The van der Waals surface area contributed by atoms with Crippen molar-refractivity contribution in [2.75, 3.05) is 26.2 Å². The number of rotatable bonds is 4. The van der Waals surface area contributed by atoms with Crippen molar-refractivity contribution in [2.24, 2.45) is 0 Å². The molecule has 1 aromatic carbocycles. The Morgan fingerprint density at radius 1 is 1.39 bits per heavy atom. The van der Waals surface area contributed by atoms with Crippen molar-refractivity contribution in [1.82, 2.24) is 14.8 Å². The highest BCUT2D eigenvalue weighted by molar-refractivity contribution is 5.81. The molecule has 0 radical (unpaired) electrons. The Morgan fingerprint density at radius 2 is 2.22 bits per heavy atom. The number of aliphatic hydroxyl groups excluding tert-OH is 1. The van der Waals surface area contributed by atoms with Crippen LogP contribution in [0.4, 0.5) is 4.39 Å². The Labute approximate surface area is 136 Å². The third kappa shape index (κ3) is 3.86. The lowest BCUT2D eigenvalue weighted by Gasteiger charge is -2.40. The van der Waals surface area contributed by atoms with Gasteiger partial charge in [-0.25, -0.2) is 4.39 Å². The average molecular weight is 317 g/mol. The number of aromatic nitrogens is 1. The lowest BCUT2D eigenvalue weighted by molar-refractivity contribution is 0.0424. The van der Waals surface area contributed by atoms with Crippen LogP contribution < -0.4 is 0 Å². The van der Waals surface area contributed by atoms with E-state index in [1.165, 1.54) is 6.07 Å². The molecule has 3 rings (SSSR count). The van der Waals surface area contributed by atoms with Gasteiger partial charge in [0, 0.05) is 50.3 Å². The van der Waals surface area contributed by atoms with E-state index in [-0.39, 0.29) is 11.9 Å².